The summed E-state index contributed by atoms with van der Waals surface area (Å²) < 4.78 is 0. The zero-order valence-electron chi connectivity index (χ0n) is 32.1. The van der Waals surface area contributed by atoms with E-state index in [0.717, 1.165) is 19.3 Å². The molecule has 2 aromatic rings. The Kier molecular flexibility index (Phi) is 12.3. The van der Waals surface area contributed by atoms with Crippen molar-refractivity contribution in [3.63, 3.8) is 0 Å². The number of aryl methyl sites for hydroxylation is 1. The highest BCUT2D eigenvalue weighted by atomic mass is 14.5. The van der Waals surface area contributed by atoms with Crippen molar-refractivity contribution in [3.8, 4) is 12.8 Å². The Morgan fingerprint density at radius 3 is 2.08 bits per heavy atom. The van der Waals surface area contributed by atoms with Crippen LogP contribution in [0.4, 0.5) is 0 Å². The van der Waals surface area contributed by atoms with Crippen molar-refractivity contribution in [2.24, 2.45) is 10.8 Å². The minimum absolute atomic E-state index is 0.0683. The van der Waals surface area contributed by atoms with Crippen LogP contribution < -0.4 is 0 Å². The molecular weight excluding hydrogens is 577 g/mol. The topological polar surface area (TPSA) is 0 Å². The molecule has 252 valence electrons. The maximum atomic E-state index is 4.26. The second-order valence-corrected chi connectivity index (χ2v) is 14.4. The maximum Gasteiger partial charge on any atom is 0.0673 e. The first-order valence-corrected chi connectivity index (χ1v) is 17.9. The highest BCUT2D eigenvalue weighted by Gasteiger charge is 2.51. The van der Waals surface area contributed by atoms with Crippen molar-refractivity contribution >= 4 is 5.57 Å². The van der Waals surface area contributed by atoms with E-state index < -0.39 is 0 Å². The first-order chi connectivity index (χ1) is 22.8. The lowest BCUT2D eigenvalue weighted by atomic mass is 9.64. The molecule has 0 aromatic heterocycles. The third-order valence-electron chi connectivity index (χ3n) is 10.7. The van der Waals surface area contributed by atoms with Gasteiger partial charge in [-0.1, -0.05) is 162 Å². The number of hydrogen-bond acceptors (Lipinski definition) is 0. The summed E-state index contributed by atoms with van der Waals surface area (Å²) in [6.07, 6.45) is 25.3. The van der Waals surface area contributed by atoms with Gasteiger partial charge in [0, 0.05) is 10.8 Å². The Morgan fingerprint density at radius 2 is 1.52 bits per heavy atom. The van der Waals surface area contributed by atoms with Gasteiger partial charge in [0.1, 0.15) is 0 Å². The molecule has 48 heavy (non-hydrogen) atoms. The van der Waals surface area contributed by atoms with Crippen LogP contribution in [0.15, 0.2) is 136 Å². The maximum absolute atomic E-state index is 4.26. The minimum atomic E-state index is -0.166. The van der Waals surface area contributed by atoms with Gasteiger partial charge in [-0.3, -0.25) is 0 Å². The minimum Gasteiger partial charge on any atom is -0.124 e. The zero-order valence-corrected chi connectivity index (χ0v) is 32.1. The van der Waals surface area contributed by atoms with Gasteiger partial charge in [0.05, 0.1) is 5.41 Å². The summed E-state index contributed by atoms with van der Waals surface area (Å²) in [7, 11) is 0. The molecule has 0 fully saturated rings. The number of hydrogen-bond donors (Lipinski definition) is 0. The monoisotopic (exact) mass is 636 g/mol. The largest absolute Gasteiger partial charge is 0.124 e. The lowest BCUT2D eigenvalue weighted by Crippen LogP contribution is -2.31. The molecular formula is C48H60. The predicted octanol–water partition coefficient (Wildman–Crippen LogP) is 13.8. The molecule has 0 amide bonds. The van der Waals surface area contributed by atoms with E-state index in [1.165, 1.54) is 72.4 Å². The van der Waals surface area contributed by atoms with E-state index in [2.05, 4.69) is 174 Å². The van der Waals surface area contributed by atoms with Gasteiger partial charge in [0.2, 0.25) is 0 Å². The van der Waals surface area contributed by atoms with Crippen molar-refractivity contribution in [2.45, 2.75) is 108 Å². The van der Waals surface area contributed by atoms with E-state index in [4.69, 9.17) is 0 Å². The summed E-state index contributed by atoms with van der Waals surface area (Å²) in [5.41, 5.74) is 18.5. The summed E-state index contributed by atoms with van der Waals surface area (Å²) in [6, 6.07) is 18.4. The molecule has 0 heteroatoms. The van der Waals surface area contributed by atoms with Gasteiger partial charge in [-0.05, 0) is 104 Å². The van der Waals surface area contributed by atoms with Gasteiger partial charge in [0.25, 0.3) is 0 Å². The fraction of sp³-hybridized carbons (Fsp3) is 0.375. The average molecular weight is 637 g/mol. The third-order valence-corrected chi connectivity index (χ3v) is 10.7. The Bertz CT molecular complexity index is 1760. The number of terminal acetylenes is 1. The first kappa shape index (κ1) is 38.4. The van der Waals surface area contributed by atoms with Crippen LogP contribution in [0.1, 0.15) is 118 Å². The van der Waals surface area contributed by atoms with Crippen LogP contribution in [0.3, 0.4) is 0 Å². The van der Waals surface area contributed by atoms with Crippen molar-refractivity contribution in [1.29, 1.82) is 0 Å². The van der Waals surface area contributed by atoms with Crippen LogP contribution in [0.5, 0.6) is 0 Å². The second kappa shape index (κ2) is 15.4. The molecule has 1 atom stereocenters. The first-order valence-electron chi connectivity index (χ1n) is 17.9. The molecule has 1 unspecified atom stereocenters. The highest BCUT2D eigenvalue weighted by Crippen LogP contribution is 2.62. The third kappa shape index (κ3) is 6.50. The molecule has 2 aromatic carbocycles. The van der Waals surface area contributed by atoms with E-state index in [9.17, 15) is 0 Å². The van der Waals surface area contributed by atoms with Crippen LogP contribution in [0.2, 0.25) is 0 Å². The summed E-state index contributed by atoms with van der Waals surface area (Å²) in [5.74, 6) is 0. The summed E-state index contributed by atoms with van der Waals surface area (Å²) in [6.45, 7) is 30.7. The zero-order chi connectivity index (χ0) is 36.0. The van der Waals surface area contributed by atoms with E-state index in [1.54, 1.807) is 0 Å². The van der Waals surface area contributed by atoms with Crippen LogP contribution >= 0.6 is 0 Å². The Balaban J connectivity index is 0.000000268. The molecule has 0 N–H and O–H groups in total. The summed E-state index contributed by atoms with van der Waals surface area (Å²) in [5, 5.41) is 0. The van der Waals surface area contributed by atoms with Gasteiger partial charge in [0.15, 0.2) is 0 Å². The van der Waals surface area contributed by atoms with Gasteiger partial charge in [-0.25, -0.2) is 0 Å². The van der Waals surface area contributed by atoms with Crippen LogP contribution in [-0.2, 0) is 5.41 Å². The molecule has 6 rings (SSSR count). The van der Waals surface area contributed by atoms with Crippen molar-refractivity contribution < 1.29 is 0 Å². The summed E-state index contributed by atoms with van der Waals surface area (Å²) in [4.78, 5) is 0. The lowest BCUT2D eigenvalue weighted by Gasteiger charge is -2.38. The molecule has 0 saturated heterocycles. The normalized spacial score (nSPS) is 22.4. The molecule has 0 bridgehead atoms. The molecule has 0 saturated carbocycles. The van der Waals surface area contributed by atoms with E-state index in [-0.39, 0.29) is 16.2 Å². The van der Waals surface area contributed by atoms with Crippen molar-refractivity contribution in [1.82, 2.24) is 0 Å². The molecule has 0 nitrogen and oxygen atoms in total. The molecule has 4 aliphatic carbocycles. The number of allylic oxidation sites excluding steroid dienone is 15. The van der Waals surface area contributed by atoms with E-state index >= 15 is 0 Å². The number of benzene rings is 2. The van der Waals surface area contributed by atoms with Gasteiger partial charge < -0.3 is 0 Å². The van der Waals surface area contributed by atoms with Crippen molar-refractivity contribution in [3.05, 3.63) is 158 Å². The van der Waals surface area contributed by atoms with Crippen LogP contribution in [0.25, 0.3) is 5.57 Å². The van der Waals surface area contributed by atoms with Gasteiger partial charge in [-0.2, -0.15) is 0 Å². The SMILES string of the molecule is C#C.C=C1C(C)=C(/C=C\C)C(C)(C)/C1=C(\C)CC.CC.CC1=CC=C(C2(c3ccc(C)cc3)C3=C(c4ccccc42)C(C)(C)C=C3)CC1. The molecule has 4 aliphatic rings. The Morgan fingerprint density at radius 1 is 0.896 bits per heavy atom. The molecule has 0 radical (unpaired) electrons. The second-order valence-electron chi connectivity index (χ2n) is 14.4. The molecule has 0 spiro atoms. The van der Waals surface area contributed by atoms with Gasteiger partial charge >= 0.3 is 0 Å². The summed E-state index contributed by atoms with van der Waals surface area (Å²) >= 11 is 0. The quantitative estimate of drug-likeness (QED) is 0.293. The molecule has 0 aliphatic heterocycles. The van der Waals surface area contributed by atoms with Crippen molar-refractivity contribution in [2.75, 3.05) is 0 Å². The fourth-order valence-electron chi connectivity index (χ4n) is 8.28. The Labute approximate surface area is 294 Å². The molecule has 0 heterocycles. The Hall–Kier alpha value is -4.08. The predicted molar refractivity (Wildman–Crippen MR) is 214 cm³/mol. The average Bonchev–Trinajstić information content (AvgIpc) is 3.63. The highest BCUT2D eigenvalue weighted by molar-refractivity contribution is 5.92. The number of rotatable bonds is 4. The standard InChI is InChI=1S/C28H28.C16H24.C2H6.C2H2/c1-19-9-13-21(14-10-19)28(22-15-11-20(2)12-16-22)24-8-6-5-7-23(24)26-25(28)17-18-27(26,3)4;1-8-10-14-12(4)13(5)15(11(3)9-2)16(14,6)7;2*1-2/h5-11,13-15,17-18H,12,16H2,1-4H3;8,10H,5,9H2,1-4,6-7H3;1-2H3;1-2H/b;10-8-,15-11+;;. The smallest absolute Gasteiger partial charge is 0.0673 e. The fourth-order valence-corrected chi connectivity index (χ4v) is 8.28. The van der Waals surface area contributed by atoms with Crippen LogP contribution in [0, 0.1) is 30.6 Å². The van der Waals surface area contributed by atoms with E-state index in [0.29, 0.717) is 0 Å². The van der Waals surface area contributed by atoms with E-state index in [1.807, 2.05) is 13.8 Å². The van der Waals surface area contributed by atoms with Gasteiger partial charge in [-0.15, -0.1) is 12.8 Å². The van der Waals surface area contributed by atoms with Crippen LogP contribution in [-0.4, -0.2) is 0 Å². The lowest BCUT2D eigenvalue weighted by molar-refractivity contribution is 0.570. The number of fused-ring (bicyclic) bond motifs is 2.